The van der Waals surface area contributed by atoms with Crippen LogP contribution in [0.3, 0.4) is 0 Å². The van der Waals surface area contributed by atoms with Gasteiger partial charge in [-0.1, -0.05) is 22.0 Å². The van der Waals surface area contributed by atoms with Crippen LogP contribution in [0.1, 0.15) is 18.4 Å². The van der Waals surface area contributed by atoms with Crippen LogP contribution in [0.4, 0.5) is 4.39 Å². The molecule has 1 saturated heterocycles. The van der Waals surface area contributed by atoms with E-state index in [1.807, 2.05) is 12.1 Å². The van der Waals surface area contributed by atoms with Gasteiger partial charge in [-0.15, -0.1) is 0 Å². The summed E-state index contributed by atoms with van der Waals surface area (Å²) >= 11 is 3.27. The maximum atomic E-state index is 13.6. The van der Waals surface area contributed by atoms with Crippen molar-refractivity contribution in [1.82, 2.24) is 10.2 Å². The predicted octanol–water partition coefficient (Wildman–Crippen LogP) is 3.02. The number of piperidine rings is 1. The third-order valence-electron chi connectivity index (χ3n) is 3.49. The van der Waals surface area contributed by atoms with Crippen molar-refractivity contribution in [3.05, 3.63) is 34.1 Å². The topological polar surface area (TPSA) is 15.3 Å². The van der Waals surface area contributed by atoms with Gasteiger partial charge in [0.05, 0.1) is 0 Å². The van der Waals surface area contributed by atoms with Gasteiger partial charge in [0.15, 0.2) is 0 Å². The molecule has 18 heavy (non-hydrogen) atoms. The Bertz CT molecular complexity index is 397. The minimum Gasteiger partial charge on any atom is -0.312 e. The summed E-state index contributed by atoms with van der Waals surface area (Å²) in [5, 5.41) is 3.37. The summed E-state index contributed by atoms with van der Waals surface area (Å²) in [5.74, 6) is 0.555. The lowest BCUT2D eigenvalue weighted by molar-refractivity contribution is 0.206. The van der Waals surface area contributed by atoms with E-state index in [1.54, 1.807) is 0 Å². The first-order chi connectivity index (χ1) is 8.65. The Balaban J connectivity index is 1.77. The van der Waals surface area contributed by atoms with Crippen molar-refractivity contribution in [1.29, 1.82) is 0 Å². The van der Waals surface area contributed by atoms with Crippen molar-refractivity contribution in [2.24, 2.45) is 5.92 Å². The first-order valence-corrected chi connectivity index (χ1v) is 7.27. The average molecular weight is 315 g/mol. The van der Waals surface area contributed by atoms with Crippen molar-refractivity contribution in [2.75, 3.05) is 26.7 Å². The lowest BCUT2D eigenvalue weighted by atomic mass is 9.98. The van der Waals surface area contributed by atoms with Crippen molar-refractivity contribution in [2.45, 2.75) is 19.4 Å². The van der Waals surface area contributed by atoms with E-state index < -0.39 is 0 Å². The Morgan fingerprint density at radius 2 is 2.33 bits per heavy atom. The summed E-state index contributed by atoms with van der Waals surface area (Å²) < 4.78 is 14.4. The van der Waals surface area contributed by atoms with Gasteiger partial charge in [0.1, 0.15) is 5.82 Å². The van der Waals surface area contributed by atoms with Crippen LogP contribution in [-0.2, 0) is 6.54 Å². The molecule has 1 aliphatic heterocycles. The standard InChI is InChI=1S/C14H20BrFN2/c1-18-6-2-3-11(10-18)8-17-9-12-4-5-13(15)7-14(12)16/h4-5,7,11,17H,2-3,6,8-10H2,1H3. The van der Waals surface area contributed by atoms with Crippen LogP contribution >= 0.6 is 15.9 Å². The molecule has 0 spiro atoms. The van der Waals surface area contributed by atoms with E-state index in [0.29, 0.717) is 12.5 Å². The van der Waals surface area contributed by atoms with Crippen molar-refractivity contribution in [3.8, 4) is 0 Å². The number of nitrogens with zero attached hydrogens (tertiary/aromatic N) is 1. The minimum absolute atomic E-state index is 0.141. The van der Waals surface area contributed by atoms with Crippen LogP contribution < -0.4 is 5.32 Å². The van der Waals surface area contributed by atoms with Gasteiger partial charge in [-0.05, 0) is 51.0 Å². The molecule has 1 N–H and O–H groups in total. The number of halogens is 2. The van der Waals surface area contributed by atoms with E-state index in [0.717, 1.165) is 23.1 Å². The van der Waals surface area contributed by atoms with Gasteiger partial charge in [-0.2, -0.15) is 0 Å². The maximum Gasteiger partial charge on any atom is 0.128 e. The number of likely N-dealkylation sites (tertiary alicyclic amines) is 1. The minimum atomic E-state index is -0.141. The monoisotopic (exact) mass is 314 g/mol. The zero-order valence-electron chi connectivity index (χ0n) is 10.8. The summed E-state index contributed by atoms with van der Waals surface area (Å²) in [6.45, 7) is 3.94. The molecule has 2 rings (SSSR count). The van der Waals surface area contributed by atoms with E-state index in [4.69, 9.17) is 0 Å². The van der Waals surface area contributed by atoms with E-state index in [1.165, 1.54) is 25.5 Å². The van der Waals surface area contributed by atoms with Gasteiger partial charge in [-0.25, -0.2) is 4.39 Å². The third kappa shape index (κ3) is 4.04. The Hall–Kier alpha value is -0.450. The van der Waals surface area contributed by atoms with Gasteiger partial charge < -0.3 is 10.2 Å². The predicted molar refractivity (Wildman–Crippen MR) is 76.0 cm³/mol. The van der Waals surface area contributed by atoms with Crippen LogP contribution in [-0.4, -0.2) is 31.6 Å². The molecule has 1 fully saturated rings. The second-order valence-corrected chi connectivity index (χ2v) is 6.05. The lowest BCUT2D eigenvalue weighted by Gasteiger charge is -2.29. The number of rotatable bonds is 4. The summed E-state index contributed by atoms with van der Waals surface area (Å²) in [4.78, 5) is 2.37. The number of benzene rings is 1. The number of hydrogen-bond donors (Lipinski definition) is 1. The molecule has 2 nitrogen and oxygen atoms in total. The van der Waals surface area contributed by atoms with E-state index in [2.05, 4.69) is 33.2 Å². The van der Waals surface area contributed by atoms with Crippen LogP contribution in [0.15, 0.2) is 22.7 Å². The fourth-order valence-electron chi connectivity index (χ4n) is 2.52. The van der Waals surface area contributed by atoms with Crippen molar-refractivity contribution >= 4 is 15.9 Å². The normalized spacial score (nSPS) is 21.2. The first-order valence-electron chi connectivity index (χ1n) is 6.48. The zero-order chi connectivity index (χ0) is 13.0. The van der Waals surface area contributed by atoms with Gasteiger partial charge in [0.25, 0.3) is 0 Å². The molecule has 1 atom stereocenters. The molecule has 0 aromatic heterocycles. The van der Waals surface area contributed by atoms with Crippen molar-refractivity contribution in [3.63, 3.8) is 0 Å². The molecule has 1 unspecified atom stereocenters. The van der Waals surface area contributed by atoms with Crippen LogP contribution in [0.5, 0.6) is 0 Å². The quantitative estimate of drug-likeness (QED) is 0.919. The van der Waals surface area contributed by atoms with Gasteiger partial charge in [-0.3, -0.25) is 0 Å². The first kappa shape index (κ1) is 14.0. The number of nitrogens with one attached hydrogen (secondary N) is 1. The molecular formula is C14H20BrFN2. The fraction of sp³-hybridized carbons (Fsp3) is 0.571. The second kappa shape index (κ2) is 6.64. The Morgan fingerprint density at radius 1 is 1.50 bits per heavy atom. The van der Waals surface area contributed by atoms with Crippen LogP contribution in [0, 0.1) is 11.7 Å². The molecule has 0 amide bonds. The van der Waals surface area contributed by atoms with E-state index in [9.17, 15) is 4.39 Å². The molecule has 0 radical (unpaired) electrons. The number of hydrogen-bond acceptors (Lipinski definition) is 2. The van der Waals surface area contributed by atoms with Crippen LogP contribution in [0.2, 0.25) is 0 Å². The Labute approximate surface area is 117 Å². The molecule has 1 heterocycles. The summed E-state index contributed by atoms with van der Waals surface area (Å²) in [6.07, 6.45) is 2.55. The fourth-order valence-corrected chi connectivity index (χ4v) is 2.85. The zero-order valence-corrected chi connectivity index (χ0v) is 12.3. The van der Waals surface area contributed by atoms with Gasteiger partial charge in [0, 0.05) is 23.1 Å². The summed E-state index contributed by atoms with van der Waals surface area (Å²) in [5.41, 5.74) is 0.738. The highest BCUT2D eigenvalue weighted by Crippen LogP contribution is 2.16. The highest BCUT2D eigenvalue weighted by atomic mass is 79.9. The molecular weight excluding hydrogens is 295 g/mol. The molecule has 1 aliphatic rings. The molecule has 0 aliphatic carbocycles. The largest absolute Gasteiger partial charge is 0.312 e. The Kier molecular flexibility index (Phi) is 5.15. The smallest absolute Gasteiger partial charge is 0.128 e. The SMILES string of the molecule is CN1CCCC(CNCc2ccc(Br)cc2F)C1. The molecule has 1 aromatic carbocycles. The maximum absolute atomic E-state index is 13.6. The second-order valence-electron chi connectivity index (χ2n) is 5.14. The van der Waals surface area contributed by atoms with E-state index >= 15 is 0 Å². The highest BCUT2D eigenvalue weighted by Gasteiger charge is 2.16. The van der Waals surface area contributed by atoms with Crippen LogP contribution in [0.25, 0.3) is 0 Å². The third-order valence-corrected chi connectivity index (χ3v) is 3.98. The summed E-state index contributed by atoms with van der Waals surface area (Å²) in [6, 6.07) is 5.24. The molecule has 100 valence electrons. The molecule has 0 saturated carbocycles. The Morgan fingerprint density at radius 3 is 3.06 bits per heavy atom. The molecule has 4 heteroatoms. The lowest BCUT2D eigenvalue weighted by Crippen LogP contribution is -2.37. The summed E-state index contributed by atoms with van der Waals surface area (Å²) in [7, 11) is 2.17. The molecule has 0 bridgehead atoms. The van der Waals surface area contributed by atoms with E-state index in [-0.39, 0.29) is 5.82 Å². The highest BCUT2D eigenvalue weighted by molar-refractivity contribution is 9.10. The van der Waals surface area contributed by atoms with Gasteiger partial charge in [0.2, 0.25) is 0 Å². The van der Waals surface area contributed by atoms with Crippen molar-refractivity contribution < 1.29 is 4.39 Å². The molecule has 1 aromatic rings. The van der Waals surface area contributed by atoms with Gasteiger partial charge >= 0.3 is 0 Å². The average Bonchev–Trinajstić information content (AvgIpc) is 2.32.